The van der Waals surface area contributed by atoms with E-state index in [0.29, 0.717) is 25.3 Å². The Hall–Kier alpha value is -3.22. The van der Waals surface area contributed by atoms with Crippen molar-refractivity contribution in [3.8, 4) is 5.75 Å². The molecule has 6 rings (SSSR count). The van der Waals surface area contributed by atoms with E-state index in [9.17, 15) is 14.7 Å². The van der Waals surface area contributed by atoms with Crippen LogP contribution >= 0.6 is 11.3 Å². The molecule has 4 atom stereocenters. The van der Waals surface area contributed by atoms with Crippen LogP contribution in [0.1, 0.15) is 56.4 Å². The molecule has 2 saturated heterocycles. The second kappa shape index (κ2) is 10.7. The van der Waals surface area contributed by atoms with E-state index in [1.54, 1.807) is 17.4 Å². The van der Waals surface area contributed by atoms with Crippen molar-refractivity contribution in [2.75, 3.05) is 6.61 Å². The Morgan fingerprint density at radius 3 is 2.67 bits per heavy atom. The molecule has 6 heteroatoms. The predicted octanol–water partition coefficient (Wildman–Crippen LogP) is 7.11. The molecule has 3 aliphatic rings. The number of phenols is 1. The van der Waals surface area contributed by atoms with Crippen LogP contribution in [0.15, 0.2) is 70.6 Å². The summed E-state index contributed by atoms with van der Waals surface area (Å²) in [4.78, 5) is 29.6. The van der Waals surface area contributed by atoms with Gasteiger partial charge in [0.1, 0.15) is 5.75 Å². The fourth-order valence-corrected chi connectivity index (χ4v) is 7.61. The maximum Gasteiger partial charge on any atom is 0.234 e. The van der Waals surface area contributed by atoms with Crippen LogP contribution in [0.2, 0.25) is 0 Å². The van der Waals surface area contributed by atoms with Gasteiger partial charge in [-0.15, -0.1) is 11.3 Å². The first-order valence-corrected chi connectivity index (χ1v) is 14.9. The van der Waals surface area contributed by atoms with E-state index in [0.717, 1.165) is 46.9 Å². The number of rotatable bonds is 8. The van der Waals surface area contributed by atoms with Crippen molar-refractivity contribution in [3.05, 3.63) is 81.1 Å². The van der Waals surface area contributed by atoms with Crippen molar-refractivity contribution >= 4 is 40.0 Å². The van der Waals surface area contributed by atoms with E-state index in [4.69, 9.17) is 4.74 Å². The summed E-state index contributed by atoms with van der Waals surface area (Å²) in [5, 5.41) is 14.1. The number of allylic oxidation sites excluding steroid dienone is 2. The van der Waals surface area contributed by atoms with Crippen LogP contribution in [-0.2, 0) is 20.9 Å². The molecule has 3 aromatic rings. The second-order valence-corrected chi connectivity index (χ2v) is 12.2. The Labute approximate surface area is 233 Å². The third-order valence-corrected chi connectivity index (χ3v) is 9.54. The summed E-state index contributed by atoms with van der Waals surface area (Å²) < 4.78 is 6.40. The molecule has 0 radical (unpaired) electrons. The molecule has 202 valence electrons. The molecule has 2 amide bonds. The lowest BCUT2D eigenvalue weighted by molar-refractivity contribution is -0.140. The number of aromatic hydroxyl groups is 1. The Balaban J connectivity index is 1.21. The number of fused-ring (bicyclic) bond motifs is 4. The van der Waals surface area contributed by atoms with E-state index in [1.165, 1.54) is 21.6 Å². The molecule has 0 spiro atoms. The van der Waals surface area contributed by atoms with Gasteiger partial charge in [-0.3, -0.25) is 14.5 Å². The fraction of sp³-hybridized carbons (Fsp3) is 0.394. The highest BCUT2D eigenvalue weighted by molar-refractivity contribution is 7.09. The van der Waals surface area contributed by atoms with E-state index in [1.807, 2.05) is 47.8 Å². The molecular weight excluding hydrogens is 506 g/mol. The zero-order valence-corrected chi connectivity index (χ0v) is 23.4. The van der Waals surface area contributed by atoms with Crippen LogP contribution in [-0.4, -0.2) is 34.5 Å². The van der Waals surface area contributed by atoms with Crippen LogP contribution in [0.25, 0.3) is 16.8 Å². The molecule has 3 heterocycles. The number of amides is 2. The summed E-state index contributed by atoms with van der Waals surface area (Å²) in [6, 6.07) is 15.6. The molecule has 1 aromatic heterocycles. The van der Waals surface area contributed by atoms with Gasteiger partial charge < -0.3 is 9.84 Å². The molecule has 0 saturated carbocycles. The smallest absolute Gasteiger partial charge is 0.234 e. The summed E-state index contributed by atoms with van der Waals surface area (Å²) in [6.07, 6.45) is 6.58. The highest BCUT2D eigenvalue weighted by atomic mass is 32.1. The summed E-state index contributed by atoms with van der Waals surface area (Å²) in [5.74, 6) is -0.265. The van der Waals surface area contributed by atoms with Crippen LogP contribution in [0.5, 0.6) is 5.75 Å². The minimum Gasteiger partial charge on any atom is -0.507 e. The number of thiophene rings is 1. The number of carbonyl (C=O) groups is 2. The monoisotopic (exact) mass is 541 g/mol. The lowest BCUT2D eigenvalue weighted by atomic mass is 9.68. The zero-order chi connectivity index (χ0) is 27.1. The zero-order valence-electron chi connectivity index (χ0n) is 22.6. The molecule has 0 bridgehead atoms. The van der Waals surface area contributed by atoms with Crippen LogP contribution in [0, 0.1) is 17.8 Å². The van der Waals surface area contributed by atoms with Gasteiger partial charge in [-0.2, -0.15) is 0 Å². The van der Waals surface area contributed by atoms with Gasteiger partial charge >= 0.3 is 0 Å². The number of hydrogen-bond acceptors (Lipinski definition) is 5. The molecule has 39 heavy (non-hydrogen) atoms. The molecule has 5 nitrogen and oxygen atoms in total. The summed E-state index contributed by atoms with van der Waals surface area (Å²) in [7, 11) is 0. The fourth-order valence-electron chi connectivity index (χ4n) is 6.92. The lowest BCUT2D eigenvalue weighted by Gasteiger charge is -2.32. The van der Waals surface area contributed by atoms with Gasteiger partial charge in [0, 0.05) is 16.2 Å². The van der Waals surface area contributed by atoms with Crippen molar-refractivity contribution in [3.63, 3.8) is 0 Å². The standard InChI is InChI=1S/C33H35NO4S/c1-3-7-22-17-26-31(33(37)34(32(26)36)18-23-8-6-15-39-23)27-19-38-29(30(22)27)14-11-20(2)16-21-12-13-28(35)25-10-5-4-9-24(21)25/h4-6,8-10,12-13,15-16,26-27,29,31,35H,3,7,11,14,17-19H2,1-2H3/b20-16+/t26-,27+,29-,31-/m1/s1. The largest absolute Gasteiger partial charge is 0.507 e. The minimum absolute atomic E-state index is 0.00501. The number of phenolic OH excluding ortho intramolecular Hbond substituents is 1. The summed E-state index contributed by atoms with van der Waals surface area (Å²) >= 11 is 1.59. The van der Waals surface area contributed by atoms with Gasteiger partial charge in [-0.05, 0) is 66.6 Å². The minimum atomic E-state index is -0.293. The number of ether oxygens (including phenoxy) is 1. The Morgan fingerprint density at radius 2 is 1.90 bits per heavy atom. The van der Waals surface area contributed by atoms with Gasteiger partial charge in [-0.25, -0.2) is 0 Å². The van der Waals surface area contributed by atoms with E-state index in [2.05, 4.69) is 19.9 Å². The molecule has 2 fully saturated rings. The first-order chi connectivity index (χ1) is 19.0. The molecule has 2 aromatic carbocycles. The number of benzene rings is 2. The number of carbonyl (C=O) groups excluding carboxylic acids is 2. The molecular formula is C33H35NO4S. The second-order valence-electron chi connectivity index (χ2n) is 11.2. The average Bonchev–Trinajstić information content (AvgIpc) is 3.66. The molecule has 2 aliphatic heterocycles. The third-order valence-electron chi connectivity index (χ3n) is 8.68. The van der Waals surface area contributed by atoms with Crippen molar-refractivity contribution in [1.82, 2.24) is 4.90 Å². The molecule has 0 unspecified atom stereocenters. The maximum atomic E-state index is 13.6. The van der Waals surface area contributed by atoms with Crippen molar-refractivity contribution in [1.29, 1.82) is 0 Å². The molecule has 1 N–H and O–H groups in total. The van der Waals surface area contributed by atoms with E-state index < -0.39 is 0 Å². The average molecular weight is 542 g/mol. The Bertz CT molecular complexity index is 1470. The number of imide groups is 1. The van der Waals surface area contributed by atoms with E-state index in [-0.39, 0.29) is 35.7 Å². The Kier molecular flexibility index (Phi) is 7.17. The maximum absolute atomic E-state index is 13.6. The lowest BCUT2D eigenvalue weighted by Crippen LogP contribution is -2.34. The predicted molar refractivity (Wildman–Crippen MR) is 155 cm³/mol. The van der Waals surface area contributed by atoms with Gasteiger partial charge in [0.15, 0.2) is 0 Å². The van der Waals surface area contributed by atoms with Gasteiger partial charge in [0.25, 0.3) is 0 Å². The number of likely N-dealkylation sites (tertiary alicyclic amines) is 1. The highest BCUT2D eigenvalue weighted by Crippen LogP contribution is 2.51. The van der Waals surface area contributed by atoms with Crippen LogP contribution in [0.3, 0.4) is 0 Å². The normalized spacial score (nSPS) is 25.1. The Morgan fingerprint density at radius 1 is 1.08 bits per heavy atom. The summed E-state index contributed by atoms with van der Waals surface area (Å²) in [6.45, 7) is 5.23. The van der Waals surface area contributed by atoms with Crippen LogP contribution in [0.4, 0.5) is 0 Å². The first kappa shape index (κ1) is 26.0. The van der Waals surface area contributed by atoms with Gasteiger partial charge in [0.05, 0.1) is 31.1 Å². The SMILES string of the molecule is CCCC1=C2[C@@H](CC/C(C)=C/c3ccc(O)c4ccccc34)OC[C@@H]2[C@@H]2C(=O)N(Cc3cccs3)C(=O)[C@@H]2C1. The number of hydrogen-bond donors (Lipinski definition) is 1. The first-order valence-electron chi connectivity index (χ1n) is 14.0. The highest BCUT2D eigenvalue weighted by Gasteiger charge is 2.56. The van der Waals surface area contributed by atoms with E-state index >= 15 is 0 Å². The molecule has 1 aliphatic carbocycles. The van der Waals surface area contributed by atoms with Gasteiger partial charge in [0.2, 0.25) is 11.8 Å². The van der Waals surface area contributed by atoms with Crippen LogP contribution < -0.4 is 0 Å². The van der Waals surface area contributed by atoms with Crippen molar-refractivity contribution in [2.45, 2.75) is 58.6 Å². The van der Waals surface area contributed by atoms with Crippen molar-refractivity contribution < 1.29 is 19.4 Å². The quantitative estimate of drug-likeness (QED) is 0.244. The topological polar surface area (TPSA) is 66.8 Å². The number of nitrogens with zero attached hydrogens (tertiary/aromatic N) is 1. The van der Waals surface area contributed by atoms with Gasteiger partial charge in [-0.1, -0.05) is 67.0 Å². The van der Waals surface area contributed by atoms with Crippen molar-refractivity contribution in [2.24, 2.45) is 17.8 Å². The summed E-state index contributed by atoms with van der Waals surface area (Å²) in [5.41, 5.74) is 4.99. The third kappa shape index (κ3) is 4.74.